The zero-order valence-electron chi connectivity index (χ0n) is 7.16. The summed E-state index contributed by atoms with van der Waals surface area (Å²) in [6.07, 6.45) is 0. The highest BCUT2D eigenvalue weighted by molar-refractivity contribution is 6.27. The van der Waals surface area contributed by atoms with Gasteiger partial charge in [-0.3, -0.25) is 4.79 Å². The Morgan fingerprint density at radius 2 is 1.85 bits per heavy atom. The number of nitrogens with zero attached hydrogens (tertiary/aromatic N) is 1. The molecule has 0 saturated carbocycles. The van der Waals surface area contributed by atoms with Gasteiger partial charge in [0.25, 0.3) is 0 Å². The monoisotopic (exact) mass is 195 g/mol. The van der Waals surface area contributed by atoms with Crippen LogP contribution in [-0.2, 0) is 17.9 Å². The summed E-state index contributed by atoms with van der Waals surface area (Å²) in [6.45, 7) is 1.42. The van der Waals surface area contributed by atoms with Gasteiger partial charge in [0, 0.05) is 13.1 Å². The second-order valence-corrected chi connectivity index (χ2v) is 3.42. The summed E-state index contributed by atoms with van der Waals surface area (Å²) in [5, 5.41) is 0. The first-order valence-corrected chi connectivity index (χ1v) is 4.75. The first-order chi connectivity index (χ1) is 6.31. The molecule has 2 nitrogen and oxygen atoms in total. The minimum atomic E-state index is 0.0119. The molecule has 68 valence electrons. The lowest BCUT2D eigenvalue weighted by molar-refractivity contribution is -0.129. The number of halogens is 1. The first kappa shape index (κ1) is 8.57. The van der Waals surface area contributed by atoms with Crippen LogP contribution in [-0.4, -0.2) is 16.7 Å². The minimum Gasteiger partial charge on any atom is -0.333 e. The maximum absolute atomic E-state index is 11.3. The van der Waals surface area contributed by atoms with E-state index in [0.29, 0.717) is 13.1 Å². The zero-order valence-corrected chi connectivity index (χ0v) is 7.92. The van der Waals surface area contributed by atoms with Crippen molar-refractivity contribution in [3.63, 3.8) is 0 Å². The van der Waals surface area contributed by atoms with Crippen LogP contribution in [0.3, 0.4) is 0 Å². The Kier molecular flexibility index (Phi) is 2.23. The summed E-state index contributed by atoms with van der Waals surface area (Å²) in [7, 11) is 0. The van der Waals surface area contributed by atoms with Gasteiger partial charge in [0.1, 0.15) is 5.88 Å². The summed E-state index contributed by atoms with van der Waals surface area (Å²) in [5.74, 6) is 0.0893. The lowest BCUT2D eigenvalue weighted by Crippen LogP contribution is -2.26. The number of fused-ring (bicyclic) bond motifs is 1. The fraction of sp³-hybridized carbons (Fsp3) is 0.300. The summed E-state index contributed by atoms with van der Waals surface area (Å²) in [4.78, 5) is 13.1. The van der Waals surface area contributed by atoms with E-state index < -0.39 is 0 Å². The molecule has 0 fully saturated rings. The highest BCUT2D eigenvalue weighted by atomic mass is 35.5. The predicted molar refractivity (Wildman–Crippen MR) is 51.4 cm³/mol. The average molecular weight is 196 g/mol. The summed E-state index contributed by atoms with van der Waals surface area (Å²) < 4.78 is 0. The number of benzene rings is 1. The summed E-state index contributed by atoms with van der Waals surface area (Å²) in [5.41, 5.74) is 2.47. The van der Waals surface area contributed by atoms with E-state index in [1.807, 2.05) is 12.1 Å². The van der Waals surface area contributed by atoms with Gasteiger partial charge in [-0.05, 0) is 11.1 Å². The van der Waals surface area contributed by atoms with Crippen molar-refractivity contribution in [3.05, 3.63) is 35.4 Å². The van der Waals surface area contributed by atoms with Crippen molar-refractivity contribution in [2.24, 2.45) is 0 Å². The largest absolute Gasteiger partial charge is 0.333 e. The first-order valence-electron chi connectivity index (χ1n) is 4.22. The number of amides is 1. The Morgan fingerprint density at radius 1 is 1.31 bits per heavy atom. The van der Waals surface area contributed by atoms with Crippen molar-refractivity contribution in [2.75, 3.05) is 5.88 Å². The van der Waals surface area contributed by atoms with Crippen LogP contribution in [0, 0.1) is 0 Å². The van der Waals surface area contributed by atoms with E-state index in [9.17, 15) is 4.79 Å². The molecule has 1 aliphatic rings. The third-order valence-corrected chi connectivity index (χ3v) is 2.54. The molecule has 0 atom stereocenters. The molecule has 1 heterocycles. The smallest absolute Gasteiger partial charge is 0.238 e. The SMILES string of the molecule is O=C(CCl)N1Cc2ccccc2C1. The van der Waals surface area contributed by atoms with Gasteiger partial charge in [-0.1, -0.05) is 24.3 Å². The van der Waals surface area contributed by atoms with E-state index in [4.69, 9.17) is 11.6 Å². The van der Waals surface area contributed by atoms with Crippen LogP contribution in [0.1, 0.15) is 11.1 Å². The Bertz CT molecular complexity index is 312. The molecule has 0 bridgehead atoms. The van der Waals surface area contributed by atoms with Crippen LogP contribution in [0.4, 0.5) is 0 Å². The zero-order chi connectivity index (χ0) is 9.26. The van der Waals surface area contributed by atoms with Crippen molar-refractivity contribution in [1.29, 1.82) is 0 Å². The lowest BCUT2D eigenvalue weighted by Gasteiger charge is -2.12. The third kappa shape index (κ3) is 1.54. The van der Waals surface area contributed by atoms with E-state index >= 15 is 0 Å². The van der Waals surface area contributed by atoms with Crippen molar-refractivity contribution < 1.29 is 4.79 Å². The standard InChI is InChI=1S/C10H10ClNO/c11-5-10(13)12-6-8-3-1-2-4-9(8)7-12/h1-4H,5-7H2. The average Bonchev–Trinajstić information content (AvgIpc) is 2.59. The molecule has 0 aromatic heterocycles. The van der Waals surface area contributed by atoms with E-state index in [-0.39, 0.29) is 11.8 Å². The van der Waals surface area contributed by atoms with Gasteiger partial charge < -0.3 is 4.90 Å². The van der Waals surface area contributed by atoms with Gasteiger partial charge in [0.15, 0.2) is 0 Å². The molecule has 0 unspecified atom stereocenters. The van der Waals surface area contributed by atoms with E-state index in [1.54, 1.807) is 4.90 Å². The second-order valence-electron chi connectivity index (χ2n) is 3.15. The van der Waals surface area contributed by atoms with Gasteiger partial charge in [-0.2, -0.15) is 0 Å². The molecule has 1 aromatic rings. The van der Waals surface area contributed by atoms with E-state index in [0.717, 1.165) is 0 Å². The van der Waals surface area contributed by atoms with Gasteiger partial charge >= 0.3 is 0 Å². The number of hydrogen-bond acceptors (Lipinski definition) is 1. The van der Waals surface area contributed by atoms with Crippen molar-refractivity contribution in [3.8, 4) is 0 Å². The fourth-order valence-corrected chi connectivity index (χ4v) is 1.76. The van der Waals surface area contributed by atoms with Crippen molar-refractivity contribution in [1.82, 2.24) is 4.90 Å². The minimum absolute atomic E-state index is 0.0119. The molecular formula is C10H10ClNO. The molecule has 1 aliphatic heterocycles. The van der Waals surface area contributed by atoms with Crippen LogP contribution < -0.4 is 0 Å². The third-order valence-electron chi connectivity index (χ3n) is 2.31. The van der Waals surface area contributed by atoms with Crippen LogP contribution in [0.15, 0.2) is 24.3 Å². The van der Waals surface area contributed by atoms with E-state index in [2.05, 4.69) is 12.1 Å². The molecule has 3 heteroatoms. The Hall–Kier alpha value is -1.02. The number of carbonyl (C=O) groups is 1. The van der Waals surface area contributed by atoms with Crippen LogP contribution >= 0.6 is 11.6 Å². The van der Waals surface area contributed by atoms with Gasteiger partial charge in [-0.15, -0.1) is 11.6 Å². The Morgan fingerprint density at radius 3 is 2.31 bits per heavy atom. The van der Waals surface area contributed by atoms with Crippen LogP contribution in [0.5, 0.6) is 0 Å². The molecule has 0 saturated heterocycles. The van der Waals surface area contributed by atoms with E-state index in [1.165, 1.54) is 11.1 Å². The topological polar surface area (TPSA) is 20.3 Å². The summed E-state index contributed by atoms with van der Waals surface area (Å²) >= 11 is 5.48. The number of carbonyl (C=O) groups excluding carboxylic acids is 1. The van der Waals surface area contributed by atoms with Gasteiger partial charge in [0.2, 0.25) is 5.91 Å². The molecule has 0 N–H and O–H groups in total. The van der Waals surface area contributed by atoms with Gasteiger partial charge in [0.05, 0.1) is 0 Å². The molecule has 0 aliphatic carbocycles. The van der Waals surface area contributed by atoms with Crippen molar-refractivity contribution in [2.45, 2.75) is 13.1 Å². The summed E-state index contributed by atoms with van der Waals surface area (Å²) in [6, 6.07) is 8.09. The maximum Gasteiger partial charge on any atom is 0.238 e. The highest BCUT2D eigenvalue weighted by Gasteiger charge is 2.21. The second kappa shape index (κ2) is 3.38. The Balaban J connectivity index is 2.18. The molecule has 2 rings (SSSR count). The maximum atomic E-state index is 11.3. The molecule has 13 heavy (non-hydrogen) atoms. The Labute approximate surface area is 82.1 Å². The van der Waals surface area contributed by atoms with Crippen molar-refractivity contribution >= 4 is 17.5 Å². The van der Waals surface area contributed by atoms with Crippen LogP contribution in [0.2, 0.25) is 0 Å². The number of alkyl halides is 1. The predicted octanol–water partition coefficient (Wildman–Crippen LogP) is 1.77. The normalized spacial score (nSPS) is 14.4. The quantitative estimate of drug-likeness (QED) is 0.626. The molecular weight excluding hydrogens is 186 g/mol. The van der Waals surface area contributed by atoms with Gasteiger partial charge in [-0.25, -0.2) is 0 Å². The molecule has 1 amide bonds. The fourth-order valence-electron chi connectivity index (χ4n) is 1.59. The van der Waals surface area contributed by atoms with Crippen LogP contribution in [0.25, 0.3) is 0 Å². The molecule has 1 aromatic carbocycles. The number of rotatable bonds is 1. The molecule has 0 spiro atoms. The lowest BCUT2D eigenvalue weighted by atomic mass is 10.1. The highest BCUT2D eigenvalue weighted by Crippen LogP contribution is 2.22. The molecule has 0 radical (unpaired) electrons. The number of hydrogen-bond donors (Lipinski definition) is 0.